The predicted octanol–water partition coefficient (Wildman–Crippen LogP) is 3.25. The van der Waals surface area contributed by atoms with Crippen molar-refractivity contribution in [1.82, 2.24) is 9.97 Å². The van der Waals surface area contributed by atoms with Crippen LogP contribution in [0.2, 0.25) is 0 Å². The van der Waals surface area contributed by atoms with Crippen LogP contribution in [0.25, 0.3) is 11.3 Å². The van der Waals surface area contributed by atoms with Crippen molar-refractivity contribution in [2.24, 2.45) is 0 Å². The number of nitriles is 3. The minimum absolute atomic E-state index is 0.00919. The number of nitrogens with zero attached hydrogens (tertiary/aromatic N) is 6. The van der Waals surface area contributed by atoms with Gasteiger partial charge >= 0.3 is 0 Å². The molecule has 0 unspecified atom stereocenters. The molecule has 3 N–H and O–H groups in total. The molecule has 0 radical (unpaired) electrons. The number of thiazole rings is 1. The Bertz CT molecular complexity index is 1250. The van der Waals surface area contributed by atoms with Crippen LogP contribution in [0.15, 0.2) is 29.6 Å². The van der Waals surface area contributed by atoms with E-state index in [0.717, 1.165) is 0 Å². The lowest BCUT2D eigenvalue weighted by Gasteiger charge is -2.11. The van der Waals surface area contributed by atoms with Crippen molar-refractivity contribution >= 4 is 33.8 Å². The lowest BCUT2D eigenvalue weighted by atomic mass is 10.0. The lowest BCUT2D eigenvalue weighted by molar-refractivity contribution is -0.384. The van der Waals surface area contributed by atoms with Gasteiger partial charge in [-0.05, 0) is 0 Å². The molecule has 0 aliphatic rings. The fourth-order valence-electron chi connectivity index (χ4n) is 2.59. The minimum Gasteiger partial charge on any atom is -0.383 e. The standard InChI is InChI=1S/C18H10N8O2S/c19-5-4-12-13(7-20)16(22)24-17(14(12)8-21)25-18-23-15(9-29-18)10-2-1-3-11(6-10)26(27)28/h1-3,6,9H,4H2,(H3,22,23,24,25). The summed E-state index contributed by atoms with van der Waals surface area (Å²) >= 11 is 1.20. The molecule has 0 spiro atoms. The molecule has 11 heteroatoms. The van der Waals surface area contributed by atoms with E-state index in [-0.39, 0.29) is 40.4 Å². The molecule has 140 valence electrons. The van der Waals surface area contributed by atoms with Gasteiger partial charge in [0.2, 0.25) is 0 Å². The highest BCUT2D eigenvalue weighted by Crippen LogP contribution is 2.31. The molecule has 0 saturated carbocycles. The Morgan fingerprint density at radius 2 is 1.97 bits per heavy atom. The van der Waals surface area contributed by atoms with Gasteiger partial charge in [-0.2, -0.15) is 15.8 Å². The highest BCUT2D eigenvalue weighted by Gasteiger charge is 2.19. The number of nitrogen functional groups attached to an aromatic ring is 1. The van der Waals surface area contributed by atoms with E-state index in [2.05, 4.69) is 15.3 Å². The van der Waals surface area contributed by atoms with Crippen molar-refractivity contribution in [3.05, 3.63) is 56.5 Å². The number of nitro benzene ring substituents is 1. The molecule has 0 atom stereocenters. The van der Waals surface area contributed by atoms with Crippen LogP contribution in [-0.4, -0.2) is 14.9 Å². The Hall–Kier alpha value is -4.53. The molecule has 0 bridgehead atoms. The molecule has 3 rings (SSSR count). The topological polar surface area (TPSA) is 178 Å². The highest BCUT2D eigenvalue weighted by atomic mass is 32.1. The van der Waals surface area contributed by atoms with Crippen LogP contribution < -0.4 is 11.1 Å². The molecule has 2 heterocycles. The maximum Gasteiger partial charge on any atom is 0.270 e. The van der Waals surface area contributed by atoms with Crippen molar-refractivity contribution < 1.29 is 4.92 Å². The maximum absolute atomic E-state index is 10.9. The summed E-state index contributed by atoms with van der Waals surface area (Å²) in [6.45, 7) is 0. The number of anilines is 3. The second kappa shape index (κ2) is 8.01. The molecule has 0 fully saturated rings. The van der Waals surface area contributed by atoms with Crippen molar-refractivity contribution in [3.8, 4) is 29.5 Å². The van der Waals surface area contributed by atoms with Gasteiger partial charge < -0.3 is 11.1 Å². The first kappa shape index (κ1) is 19.2. The summed E-state index contributed by atoms with van der Waals surface area (Å²) in [5.74, 6) is -0.0242. The quantitative estimate of drug-likeness (QED) is 0.478. The summed E-state index contributed by atoms with van der Waals surface area (Å²) in [5.41, 5.74) is 7.03. The zero-order chi connectivity index (χ0) is 21.0. The monoisotopic (exact) mass is 402 g/mol. The number of hydrogen-bond acceptors (Lipinski definition) is 10. The van der Waals surface area contributed by atoms with Crippen molar-refractivity contribution in [3.63, 3.8) is 0 Å². The molecule has 2 aromatic heterocycles. The van der Waals surface area contributed by atoms with Gasteiger partial charge in [0.05, 0.1) is 28.7 Å². The molecule has 0 aliphatic heterocycles. The molecule has 29 heavy (non-hydrogen) atoms. The highest BCUT2D eigenvalue weighted by molar-refractivity contribution is 7.14. The van der Waals surface area contributed by atoms with Gasteiger partial charge in [0.15, 0.2) is 10.9 Å². The third-order valence-electron chi connectivity index (χ3n) is 3.89. The van der Waals surface area contributed by atoms with E-state index >= 15 is 0 Å². The third-order valence-corrected chi connectivity index (χ3v) is 4.65. The van der Waals surface area contributed by atoms with E-state index in [4.69, 9.17) is 11.0 Å². The molecule has 0 amide bonds. The van der Waals surface area contributed by atoms with Crippen LogP contribution in [0.5, 0.6) is 0 Å². The van der Waals surface area contributed by atoms with Gasteiger partial charge in [-0.3, -0.25) is 10.1 Å². The van der Waals surface area contributed by atoms with Gasteiger partial charge in [0.25, 0.3) is 5.69 Å². The van der Waals surface area contributed by atoms with Crippen LogP contribution in [0, 0.1) is 44.1 Å². The number of pyridine rings is 1. The molecule has 3 aromatic rings. The Morgan fingerprint density at radius 3 is 2.62 bits per heavy atom. The van der Waals surface area contributed by atoms with Gasteiger partial charge in [-0.15, -0.1) is 11.3 Å². The lowest BCUT2D eigenvalue weighted by Crippen LogP contribution is -2.08. The van der Waals surface area contributed by atoms with E-state index in [1.54, 1.807) is 17.5 Å². The van der Waals surface area contributed by atoms with Gasteiger partial charge in [0, 0.05) is 28.6 Å². The first-order valence-electron chi connectivity index (χ1n) is 7.95. The SMILES string of the molecule is N#CCc1c(C#N)c(N)nc(Nc2nc(-c3cccc([N+](=O)[O-])c3)cs2)c1C#N. The summed E-state index contributed by atoms with van der Waals surface area (Å²) in [6, 6.07) is 11.8. The second-order valence-electron chi connectivity index (χ2n) is 5.60. The fraction of sp³-hybridized carbons (Fsp3) is 0.0556. The second-order valence-corrected chi connectivity index (χ2v) is 6.46. The van der Waals surface area contributed by atoms with Gasteiger partial charge in [0.1, 0.15) is 23.5 Å². The molecule has 1 aromatic carbocycles. The summed E-state index contributed by atoms with van der Waals surface area (Å²) < 4.78 is 0. The first-order chi connectivity index (χ1) is 14.0. The average molecular weight is 402 g/mol. The maximum atomic E-state index is 10.9. The smallest absolute Gasteiger partial charge is 0.270 e. The van der Waals surface area contributed by atoms with Gasteiger partial charge in [-0.1, -0.05) is 12.1 Å². The number of aromatic nitrogens is 2. The number of nitrogens with two attached hydrogens (primary N) is 1. The van der Waals surface area contributed by atoms with E-state index in [1.807, 2.05) is 18.2 Å². The number of nitrogens with one attached hydrogen (secondary N) is 1. The van der Waals surface area contributed by atoms with Crippen molar-refractivity contribution in [1.29, 1.82) is 15.8 Å². The Balaban J connectivity index is 1.99. The predicted molar refractivity (Wildman–Crippen MR) is 105 cm³/mol. The number of rotatable bonds is 5. The van der Waals surface area contributed by atoms with E-state index in [9.17, 15) is 20.6 Å². The third kappa shape index (κ3) is 3.78. The van der Waals surface area contributed by atoms with Crippen molar-refractivity contribution in [2.45, 2.75) is 6.42 Å². The molecule has 0 saturated heterocycles. The zero-order valence-electron chi connectivity index (χ0n) is 14.6. The Kier molecular flexibility index (Phi) is 5.31. The van der Waals surface area contributed by atoms with Crippen LogP contribution in [-0.2, 0) is 6.42 Å². The Labute approximate surface area is 168 Å². The average Bonchev–Trinajstić information content (AvgIpc) is 3.17. The van der Waals surface area contributed by atoms with Crippen LogP contribution in [0.1, 0.15) is 16.7 Å². The summed E-state index contributed by atoms with van der Waals surface area (Å²) in [6.07, 6.45) is -0.177. The van der Waals surface area contributed by atoms with Crippen molar-refractivity contribution in [2.75, 3.05) is 11.1 Å². The largest absolute Gasteiger partial charge is 0.383 e. The molecule has 10 nitrogen and oxygen atoms in total. The zero-order valence-corrected chi connectivity index (χ0v) is 15.4. The summed E-state index contributed by atoms with van der Waals surface area (Å²) in [7, 11) is 0. The summed E-state index contributed by atoms with van der Waals surface area (Å²) in [4.78, 5) is 18.9. The van der Waals surface area contributed by atoms with Crippen LogP contribution in [0.3, 0.4) is 0 Å². The molecule has 0 aliphatic carbocycles. The van der Waals surface area contributed by atoms with E-state index < -0.39 is 4.92 Å². The van der Waals surface area contributed by atoms with E-state index in [1.165, 1.54) is 23.5 Å². The van der Waals surface area contributed by atoms with Crippen LogP contribution in [0.4, 0.5) is 22.5 Å². The molecular formula is C18H10N8O2S. The normalized spacial score (nSPS) is 9.83. The molecular weight excluding hydrogens is 392 g/mol. The van der Waals surface area contributed by atoms with Gasteiger partial charge in [-0.25, -0.2) is 9.97 Å². The van der Waals surface area contributed by atoms with Crippen LogP contribution >= 0.6 is 11.3 Å². The summed E-state index contributed by atoms with van der Waals surface area (Å²) in [5, 5.41) is 43.7. The minimum atomic E-state index is -0.492. The number of hydrogen-bond donors (Lipinski definition) is 2. The fourth-order valence-corrected chi connectivity index (χ4v) is 3.31. The first-order valence-corrected chi connectivity index (χ1v) is 8.83. The number of non-ortho nitro benzene ring substituents is 1. The number of benzene rings is 1. The number of nitro groups is 1. The Morgan fingerprint density at radius 1 is 1.21 bits per heavy atom. The van der Waals surface area contributed by atoms with E-state index in [0.29, 0.717) is 16.4 Å².